The minimum atomic E-state index is -0.473. The normalized spacial score (nSPS) is 11.1. The number of nitro benzene ring substituents is 1. The van der Waals surface area contributed by atoms with E-state index in [0.717, 1.165) is 17.5 Å². The van der Waals surface area contributed by atoms with Crippen LogP contribution in [0.5, 0.6) is 0 Å². The van der Waals surface area contributed by atoms with Crippen molar-refractivity contribution in [1.29, 1.82) is 0 Å². The average molecular weight is 384 g/mol. The van der Waals surface area contributed by atoms with Crippen LogP contribution < -0.4 is 11.1 Å². The van der Waals surface area contributed by atoms with E-state index in [9.17, 15) is 14.9 Å². The van der Waals surface area contributed by atoms with Gasteiger partial charge in [0.05, 0.1) is 10.6 Å². The Balaban J connectivity index is 1.90. The van der Waals surface area contributed by atoms with Crippen molar-refractivity contribution >= 4 is 44.5 Å². The smallest absolute Gasteiger partial charge is 0.274 e. The van der Waals surface area contributed by atoms with Crippen molar-refractivity contribution in [2.24, 2.45) is 5.92 Å². The van der Waals surface area contributed by atoms with Gasteiger partial charge in [0, 0.05) is 28.4 Å². The highest BCUT2D eigenvalue weighted by Crippen LogP contribution is 2.33. The fourth-order valence-electron chi connectivity index (χ4n) is 2.81. The van der Waals surface area contributed by atoms with Gasteiger partial charge in [0.25, 0.3) is 11.6 Å². The van der Waals surface area contributed by atoms with E-state index in [2.05, 4.69) is 24.1 Å². The summed E-state index contributed by atoms with van der Waals surface area (Å²) in [4.78, 5) is 28.9. The Hall–Kier alpha value is -3.00. The van der Waals surface area contributed by atoms with Crippen molar-refractivity contribution in [1.82, 2.24) is 4.98 Å². The molecule has 3 rings (SSSR count). The van der Waals surface area contributed by atoms with E-state index < -0.39 is 10.8 Å². The molecule has 3 N–H and O–H groups in total. The number of thiophene rings is 1. The van der Waals surface area contributed by atoms with Gasteiger partial charge < -0.3 is 11.1 Å². The van der Waals surface area contributed by atoms with Crippen LogP contribution in [0.4, 0.5) is 17.1 Å². The van der Waals surface area contributed by atoms with Crippen LogP contribution in [-0.2, 0) is 6.42 Å². The van der Waals surface area contributed by atoms with Crippen LogP contribution in [-0.4, -0.2) is 15.8 Å². The molecular weight excluding hydrogens is 364 g/mol. The first-order valence-corrected chi connectivity index (χ1v) is 9.32. The molecule has 2 heterocycles. The minimum absolute atomic E-state index is 0.0443. The Labute approximate surface area is 160 Å². The van der Waals surface area contributed by atoms with Crippen molar-refractivity contribution in [3.05, 3.63) is 56.6 Å². The monoisotopic (exact) mass is 384 g/mol. The molecule has 0 aliphatic rings. The number of nitrogen functional groups attached to an aromatic ring is 1. The molecule has 1 aromatic carbocycles. The number of carbonyl (C=O) groups is 1. The van der Waals surface area contributed by atoms with E-state index in [1.165, 1.54) is 17.4 Å². The molecule has 1 amide bonds. The molecule has 0 unspecified atom stereocenters. The lowest BCUT2D eigenvalue weighted by Crippen LogP contribution is -2.12. The van der Waals surface area contributed by atoms with Gasteiger partial charge >= 0.3 is 0 Å². The van der Waals surface area contributed by atoms with Gasteiger partial charge in [0.2, 0.25) is 0 Å². The molecule has 0 aliphatic carbocycles. The van der Waals surface area contributed by atoms with E-state index in [0.29, 0.717) is 32.6 Å². The maximum Gasteiger partial charge on any atom is 0.274 e. The van der Waals surface area contributed by atoms with Crippen molar-refractivity contribution < 1.29 is 9.72 Å². The van der Waals surface area contributed by atoms with Crippen molar-refractivity contribution in [3.63, 3.8) is 0 Å². The molecule has 0 radical (unpaired) electrons. The van der Waals surface area contributed by atoms with Gasteiger partial charge in [-0.15, -0.1) is 11.3 Å². The maximum absolute atomic E-state index is 12.7. The molecule has 0 atom stereocenters. The Morgan fingerprint density at radius 3 is 2.74 bits per heavy atom. The zero-order chi connectivity index (χ0) is 19.7. The number of aryl methyl sites for hydroxylation is 1. The topological polar surface area (TPSA) is 111 Å². The molecule has 3 aromatic rings. The lowest BCUT2D eigenvalue weighted by Gasteiger charge is -2.05. The second-order valence-corrected chi connectivity index (χ2v) is 7.81. The van der Waals surface area contributed by atoms with Crippen molar-refractivity contribution in [2.45, 2.75) is 27.2 Å². The molecule has 27 heavy (non-hydrogen) atoms. The number of rotatable bonds is 5. The van der Waals surface area contributed by atoms with Gasteiger partial charge in [0.15, 0.2) is 0 Å². The van der Waals surface area contributed by atoms with E-state index >= 15 is 0 Å². The fourth-order valence-corrected chi connectivity index (χ4v) is 3.82. The third kappa shape index (κ3) is 3.90. The average Bonchev–Trinajstić information content (AvgIpc) is 2.92. The summed E-state index contributed by atoms with van der Waals surface area (Å²) in [7, 11) is 0. The molecule has 8 heteroatoms. The second-order valence-electron chi connectivity index (χ2n) is 6.81. The molecule has 0 fully saturated rings. The number of pyridine rings is 1. The Kier molecular flexibility index (Phi) is 5.09. The van der Waals surface area contributed by atoms with Crippen LogP contribution in [0.3, 0.4) is 0 Å². The first-order valence-electron chi connectivity index (χ1n) is 8.50. The number of benzene rings is 1. The summed E-state index contributed by atoms with van der Waals surface area (Å²) in [5, 5.41) is 14.5. The molecule has 0 bridgehead atoms. The largest absolute Gasteiger partial charge is 0.397 e. The SMILES string of the molecule is Cc1ccc(NC(=O)c2sc3nc(CC(C)C)ccc3c2N)cc1[N+](=O)[O-]. The van der Waals surface area contributed by atoms with Crippen LogP contribution in [0.15, 0.2) is 30.3 Å². The molecule has 0 aliphatic heterocycles. The number of carbonyl (C=O) groups excluding carboxylic acids is 1. The van der Waals surface area contributed by atoms with Gasteiger partial charge in [-0.3, -0.25) is 14.9 Å². The van der Waals surface area contributed by atoms with Crippen LogP contribution in [0, 0.1) is 23.0 Å². The first kappa shape index (κ1) is 18.8. The van der Waals surface area contributed by atoms with E-state index in [1.807, 2.05) is 12.1 Å². The Bertz CT molecular complexity index is 1040. The van der Waals surface area contributed by atoms with Gasteiger partial charge in [-0.1, -0.05) is 19.9 Å². The molecule has 140 valence electrons. The van der Waals surface area contributed by atoms with Gasteiger partial charge in [0.1, 0.15) is 9.71 Å². The molecule has 0 saturated carbocycles. The maximum atomic E-state index is 12.7. The number of hydrogen-bond donors (Lipinski definition) is 2. The van der Waals surface area contributed by atoms with Crippen molar-refractivity contribution in [2.75, 3.05) is 11.1 Å². The number of nitro groups is 1. The summed E-state index contributed by atoms with van der Waals surface area (Å²) in [5.74, 6) is 0.0754. The third-order valence-electron chi connectivity index (χ3n) is 4.14. The standard InChI is InChI=1S/C19H20N4O3S/c1-10(2)8-12-6-7-14-16(20)17(27-19(14)22-12)18(24)21-13-5-4-11(3)15(9-13)23(25)26/h4-7,9-10H,8,20H2,1-3H3,(H,21,24). The van der Waals surface area contributed by atoms with Crippen LogP contribution in [0.25, 0.3) is 10.2 Å². The number of amides is 1. The zero-order valence-electron chi connectivity index (χ0n) is 15.3. The highest BCUT2D eigenvalue weighted by atomic mass is 32.1. The number of aromatic nitrogens is 1. The Morgan fingerprint density at radius 1 is 1.33 bits per heavy atom. The highest BCUT2D eigenvalue weighted by Gasteiger charge is 2.19. The number of anilines is 2. The van der Waals surface area contributed by atoms with Crippen molar-refractivity contribution in [3.8, 4) is 0 Å². The third-order valence-corrected chi connectivity index (χ3v) is 5.25. The summed E-state index contributed by atoms with van der Waals surface area (Å²) in [6.07, 6.45) is 0.850. The number of nitrogens with two attached hydrogens (primary N) is 1. The van der Waals surface area contributed by atoms with Gasteiger partial charge in [-0.2, -0.15) is 0 Å². The van der Waals surface area contributed by atoms with Gasteiger partial charge in [-0.05, 0) is 37.5 Å². The second kappa shape index (κ2) is 7.32. The highest BCUT2D eigenvalue weighted by molar-refractivity contribution is 7.21. The van der Waals surface area contributed by atoms with Crippen LogP contribution in [0.1, 0.15) is 34.8 Å². The lowest BCUT2D eigenvalue weighted by molar-refractivity contribution is -0.385. The summed E-state index contributed by atoms with van der Waals surface area (Å²) in [6, 6.07) is 8.38. The lowest BCUT2D eigenvalue weighted by atomic mass is 10.1. The summed E-state index contributed by atoms with van der Waals surface area (Å²) in [6.45, 7) is 5.89. The van der Waals surface area contributed by atoms with Crippen LogP contribution >= 0.6 is 11.3 Å². The van der Waals surface area contributed by atoms with Gasteiger partial charge in [-0.25, -0.2) is 4.98 Å². The minimum Gasteiger partial charge on any atom is -0.397 e. The molecule has 0 saturated heterocycles. The quantitative estimate of drug-likeness (QED) is 0.495. The Morgan fingerprint density at radius 2 is 2.07 bits per heavy atom. The van der Waals surface area contributed by atoms with Crippen LogP contribution in [0.2, 0.25) is 0 Å². The first-order chi connectivity index (χ1) is 12.8. The predicted octanol–water partition coefficient (Wildman–Crippen LogP) is 4.55. The molecule has 0 spiro atoms. The summed E-state index contributed by atoms with van der Waals surface area (Å²) >= 11 is 1.22. The molecule has 2 aromatic heterocycles. The van der Waals surface area contributed by atoms with E-state index in [4.69, 9.17) is 5.73 Å². The van der Waals surface area contributed by atoms with E-state index in [-0.39, 0.29) is 5.69 Å². The fraction of sp³-hybridized carbons (Fsp3) is 0.263. The number of fused-ring (bicyclic) bond motifs is 1. The number of nitrogens with one attached hydrogen (secondary N) is 1. The number of nitrogens with zero attached hydrogens (tertiary/aromatic N) is 2. The predicted molar refractivity (Wildman–Crippen MR) is 108 cm³/mol. The summed E-state index contributed by atoms with van der Waals surface area (Å²) < 4.78 is 0. The summed E-state index contributed by atoms with van der Waals surface area (Å²) in [5.41, 5.74) is 8.31. The number of hydrogen-bond acceptors (Lipinski definition) is 6. The molecule has 7 nitrogen and oxygen atoms in total. The van der Waals surface area contributed by atoms with E-state index in [1.54, 1.807) is 19.1 Å². The zero-order valence-corrected chi connectivity index (χ0v) is 16.1. The molecular formula is C19H20N4O3S.